The van der Waals surface area contributed by atoms with Crippen LogP contribution < -0.4 is 5.32 Å². The molecule has 0 radical (unpaired) electrons. The molecular weight excluding hydrogens is 300 g/mol. The molecule has 1 aromatic carbocycles. The highest BCUT2D eigenvalue weighted by Gasteiger charge is 2.07. The summed E-state index contributed by atoms with van der Waals surface area (Å²) in [6.07, 6.45) is 6.75. The number of pyridine rings is 1. The number of halogens is 1. The largest absolute Gasteiger partial charge is 0.472 e. The predicted octanol–water partition coefficient (Wildman–Crippen LogP) is 3.93. The monoisotopic (exact) mass is 312 g/mol. The van der Waals surface area contributed by atoms with Crippen molar-refractivity contribution in [2.75, 3.05) is 0 Å². The number of rotatable bonds is 4. The fraction of sp³-hybridized carbons (Fsp3) is 0.0588. The molecule has 3 aromatic rings. The van der Waals surface area contributed by atoms with Gasteiger partial charge in [-0.2, -0.15) is 0 Å². The Hall–Kier alpha value is -2.59. The number of benzene rings is 1. The Morgan fingerprint density at radius 2 is 2.09 bits per heavy atom. The maximum Gasteiger partial charge on any atom is 0.251 e. The Labute approximate surface area is 132 Å². The molecular formula is C17H13ClN2O2. The van der Waals surface area contributed by atoms with Gasteiger partial charge in [0, 0.05) is 40.7 Å². The number of furan rings is 1. The third kappa shape index (κ3) is 3.35. The van der Waals surface area contributed by atoms with Crippen molar-refractivity contribution < 1.29 is 9.21 Å². The van der Waals surface area contributed by atoms with Crippen LogP contribution in [0.4, 0.5) is 0 Å². The van der Waals surface area contributed by atoms with E-state index in [9.17, 15) is 4.79 Å². The van der Waals surface area contributed by atoms with Crippen molar-refractivity contribution in [1.82, 2.24) is 10.3 Å². The summed E-state index contributed by atoms with van der Waals surface area (Å²) in [5.74, 6) is -0.170. The summed E-state index contributed by atoms with van der Waals surface area (Å²) in [5, 5.41) is 3.39. The molecule has 2 heterocycles. The topological polar surface area (TPSA) is 55.1 Å². The first-order valence-electron chi connectivity index (χ1n) is 6.72. The summed E-state index contributed by atoms with van der Waals surface area (Å²) in [6.45, 7) is 0.393. The summed E-state index contributed by atoms with van der Waals surface area (Å²) < 4.78 is 5.07. The van der Waals surface area contributed by atoms with Crippen molar-refractivity contribution in [2.24, 2.45) is 0 Å². The zero-order valence-corrected chi connectivity index (χ0v) is 12.4. The number of carbonyl (C=O) groups excluding carboxylic acids is 1. The first kappa shape index (κ1) is 14.4. The Balaban J connectivity index is 1.69. The second-order valence-electron chi connectivity index (χ2n) is 4.79. The van der Waals surface area contributed by atoms with Gasteiger partial charge in [0.15, 0.2) is 0 Å². The fourth-order valence-corrected chi connectivity index (χ4v) is 2.28. The van der Waals surface area contributed by atoms with Crippen molar-refractivity contribution in [3.63, 3.8) is 0 Å². The van der Waals surface area contributed by atoms with Crippen molar-refractivity contribution in [2.45, 2.75) is 6.54 Å². The first-order valence-corrected chi connectivity index (χ1v) is 7.10. The van der Waals surface area contributed by atoms with Crippen LogP contribution in [0.3, 0.4) is 0 Å². The van der Waals surface area contributed by atoms with Gasteiger partial charge in [-0.15, -0.1) is 0 Å². The standard InChI is InChI=1S/C17H13ClN2O2/c18-16-3-1-2-13(7-16)17(21)20-9-12-6-15(10-19-8-12)14-4-5-22-11-14/h1-8,10-11H,9H2,(H,20,21). The molecule has 0 aliphatic heterocycles. The summed E-state index contributed by atoms with van der Waals surface area (Å²) in [7, 11) is 0. The normalized spacial score (nSPS) is 10.4. The minimum Gasteiger partial charge on any atom is -0.472 e. The second kappa shape index (κ2) is 6.45. The molecule has 2 aromatic heterocycles. The average molecular weight is 313 g/mol. The Bertz CT molecular complexity index is 785. The maximum atomic E-state index is 12.1. The summed E-state index contributed by atoms with van der Waals surface area (Å²) in [6, 6.07) is 10.7. The van der Waals surface area contributed by atoms with Crippen LogP contribution in [0, 0.1) is 0 Å². The van der Waals surface area contributed by atoms with Crippen molar-refractivity contribution in [1.29, 1.82) is 0 Å². The number of amides is 1. The van der Waals surface area contributed by atoms with E-state index in [1.165, 1.54) is 0 Å². The highest BCUT2D eigenvalue weighted by molar-refractivity contribution is 6.30. The van der Waals surface area contributed by atoms with Crippen LogP contribution in [0.1, 0.15) is 15.9 Å². The highest BCUT2D eigenvalue weighted by atomic mass is 35.5. The molecule has 3 rings (SSSR count). The zero-order chi connectivity index (χ0) is 15.4. The number of nitrogens with zero attached hydrogens (tertiary/aromatic N) is 1. The number of hydrogen-bond acceptors (Lipinski definition) is 3. The van der Waals surface area contributed by atoms with Gasteiger partial charge in [0.05, 0.1) is 12.5 Å². The molecule has 1 N–H and O–H groups in total. The van der Waals surface area contributed by atoms with Crippen LogP contribution >= 0.6 is 11.6 Å². The van der Waals surface area contributed by atoms with E-state index in [0.29, 0.717) is 17.1 Å². The SMILES string of the molecule is O=C(NCc1cncc(-c2ccoc2)c1)c1cccc(Cl)c1. The van der Waals surface area contributed by atoms with Gasteiger partial charge in [-0.3, -0.25) is 9.78 Å². The molecule has 4 nitrogen and oxygen atoms in total. The third-order valence-electron chi connectivity index (χ3n) is 3.19. The minimum atomic E-state index is -0.170. The van der Waals surface area contributed by atoms with Crippen molar-refractivity contribution in [3.05, 3.63) is 77.5 Å². The van der Waals surface area contributed by atoms with Crippen LogP contribution in [0.5, 0.6) is 0 Å². The second-order valence-corrected chi connectivity index (χ2v) is 5.22. The molecule has 0 aliphatic rings. The summed E-state index contributed by atoms with van der Waals surface area (Å²) in [4.78, 5) is 16.3. The molecule has 110 valence electrons. The van der Waals surface area contributed by atoms with Gasteiger partial charge in [0.25, 0.3) is 5.91 Å². The lowest BCUT2D eigenvalue weighted by atomic mass is 10.1. The molecule has 0 aliphatic carbocycles. The van der Waals surface area contributed by atoms with E-state index in [1.54, 1.807) is 49.2 Å². The molecule has 0 atom stereocenters. The predicted molar refractivity (Wildman–Crippen MR) is 84.6 cm³/mol. The average Bonchev–Trinajstić information content (AvgIpc) is 3.07. The Morgan fingerprint density at radius 1 is 1.18 bits per heavy atom. The van der Waals surface area contributed by atoms with E-state index in [0.717, 1.165) is 16.7 Å². The van der Waals surface area contributed by atoms with Gasteiger partial charge >= 0.3 is 0 Å². The van der Waals surface area contributed by atoms with Gasteiger partial charge in [0.1, 0.15) is 0 Å². The number of aromatic nitrogens is 1. The van der Waals surface area contributed by atoms with Gasteiger partial charge < -0.3 is 9.73 Å². The van der Waals surface area contributed by atoms with Crippen LogP contribution in [-0.4, -0.2) is 10.9 Å². The van der Waals surface area contributed by atoms with E-state index in [1.807, 2.05) is 12.1 Å². The number of hydrogen-bond donors (Lipinski definition) is 1. The van der Waals surface area contributed by atoms with E-state index in [2.05, 4.69) is 10.3 Å². The Kier molecular flexibility index (Phi) is 4.21. The third-order valence-corrected chi connectivity index (χ3v) is 3.42. The van der Waals surface area contributed by atoms with Crippen LogP contribution in [-0.2, 0) is 6.54 Å². The van der Waals surface area contributed by atoms with Gasteiger partial charge in [-0.1, -0.05) is 17.7 Å². The fourth-order valence-electron chi connectivity index (χ4n) is 2.08. The molecule has 0 fully saturated rings. The number of carbonyl (C=O) groups is 1. The van der Waals surface area contributed by atoms with Crippen LogP contribution in [0.15, 0.2) is 65.7 Å². The first-order chi connectivity index (χ1) is 10.7. The van der Waals surface area contributed by atoms with E-state index in [4.69, 9.17) is 16.0 Å². The molecule has 0 bridgehead atoms. The molecule has 0 saturated carbocycles. The lowest BCUT2D eigenvalue weighted by Gasteiger charge is -2.06. The smallest absolute Gasteiger partial charge is 0.251 e. The van der Waals surface area contributed by atoms with Crippen molar-refractivity contribution in [3.8, 4) is 11.1 Å². The summed E-state index contributed by atoms with van der Waals surface area (Å²) >= 11 is 5.89. The van der Waals surface area contributed by atoms with Gasteiger partial charge in [-0.05, 0) is 35.9 Å². The molecule has 0 spiro atoms. The number of nitrogens with one attached hydrogen (secondary N) is 1. The van der Waals surface area contributed by atoms with E-state index >= 15 is 0 Å². The molecule has 1 amide bonds. The van der Waals surface area contributed by atoms with Gasteiger partial charge in [0.2, 0.25) is 0 Å². The van der Waals surface area contributed by atoms with Gasteiger partial charge in [-0.25, -0.2) is 0 Å². The van der Waals surface area contributed by atoms with E-state index < -0.39 is 0 Å². The molecule has 5 heteroatoms. The van der Waals surface area contributed by atoms with E-state index in [-0.39, 0.29) is 5.91 Å². The molecule has 0 unspecified atom stereocenters. The molecule has 0 saturated heterocycles. The van der Waals surface area contributed by atoms with Crippen LogP contribution in [0.2, 0.25) is 5.02 Å². The molecule has 22 heavy (non-hydrogen) atoms. The van der Waals surface area contributed by atoms with Crippen molar-refractivity contribution >= 4 is 17.5 Å². The quantitative estimate of drug-likeness (QED) is 0.794. The lowest BCUT2D eigenvalue weighted by Crippen LogP contribution is -2.22. The van der Waals surface area contributed by atoms with Crippen LogP contribution in [0.25, 0.3) is 11.1 Å². The highest BCUT2D eigenvalue weighted by Crippen LogP contribution is 2.19. The maximum absolute atomic E-state index is 12.1. The zero-order valence-electron chi connectivity index (χ0n) is 11.6. The Morgan fingerprint density at radius 3 is 2.86 bits per heavy atom. The lowest BCUT2D eigenvalue weighted by molar-refractivity contribution is 0.0951. The minimum absolute atomic E-state index is 0.170. The summed E-state index contributed by atoms with van der Waals surface area (Å²) in [5.41, 5.74) is 3.35.